The second kappa shape index (κ2) is 3.41. The lowest BCUT2D eigenvalue weighted by molar-refractivity contribution is 1.08. The number of rotatable bonds is 1. The molecule has 2 aromatic rings. The van der Waals surface area contributed by atoms with Gasteiger partial charge in [-0.05, 0) is 19.1 Å². The lowest BCUT2D eigenvalue weighted by Crippen LogP contribution is -2.11. The van der Waals surface area contributed by atoms with Gasteiger partial charge in [0.2, 0.25) is 0 Å². The van der Waals surface area contributed by atoms with Gasteiger partial charge in [-0.3, -0.25) is 9.78 Å². The summed E-state index contributed by atoms with van der Waals surface area (Å²) in [6, 6.07) is 3.69. The highest BCUT2D eigenvalue weighted by Crippen LogP contribution is 2.15. The zero-order valence-electron chi connectivity index (χ0n) is 7.69. The van der Waals surface area contributed by atoms with Crippen molar-refractivity contribution < 1.29 is 0 Å². The molecule has 0 saturated heterocycles. The molecular formula is C10H9N3O. The Hall–Kier alpha value is -1.97. The Bertz CT molecular complexity index is 490. The first-order valence-electron chi connectivity index (χ1n) is 4.24. The maximum atomic E-state index is 11.3. The third-order valence-electron chi connectivity index (χ3n) is 2.02. The fourth-order valence-corrected chi connectivity index (χ4v) is 1.26. The van der Waals surface area contributed by atoms with Crippen molar-refractivity contribution in [1.82, 2.24) is 15.0 Å². The van der Waals surface area contributed by atoms with Gasteiger partial charge in [0.1, 0.15) is 0 Å². The predicted octanol–water partition coefficient (Wildman–Crippen LogP) is 1.14. The third-order valence-corrected chi connectivity index (χ3v) is 2.02. The molecule has 2 heterocycles. The third kappa shape index (κ3) is 1.42. The van der Waals surface area contributed by atoms with Gasteiger partial charge in [0.05, 0.1) is 12.0 Å². The second-order valence-electron chi connectivity index (χ2n) is 2.95. The van der Waals surface area contributed by atoms with E-state index in [0.717, 1.165) is 5.56 Å². The van der Waals surface area contributed by atoms with E-state index in [1.807, 2.05) is 12.1 Å². The predicted molar refractivity (Wildman–Crippen MR) is 52.8 cm³/mol. The van der Waals surface area contributed by atoms with Gasteiger partial charge in [0.25, 0.3) is 5.56 Å². The quantitative estimate of drug-likeness (QED) is 0.728. The topological polar surface area (TPSA) is 58.6 Å². The highest BCUT2D eigenvalue weighted by Gasteiger charge is 2.05. The van der Waals surface area contributed by atoms with Crippen molar-refractivity contribution in [3.63, 3.8) is 0 Å². The molecular weight excluding hydrogens is 178 g/mol. The molecule has 0 amide bonds. The number of H-pyrrole nitrogens is 1. The van der Waals surface area contributed by atoms with Crippen LogP contribution in [0.3, 0.4) is 0 Å². The van der Waals surface area contributed by atoms with Crippen molar-refractivity contribution in [2.24, 2.45) is 0 Å². The maximum Gasteiger partial charge on any atom is 0.254 e. The summed E-state index contributed by atoms with van der Waals surface area (Å²) in [5, 5.41) is 0. The van der Waals surface area contributed by atoms with E-state index in [0.29, 0.717) is 11.3 Å². The van der Waals surface area contributed by atoms with E-state index in [1.54, 1.807) is 19.3 Å². The highest BCUT2D eigenvalue weighted by atomic mass is 16.1. The van der Waals surface area contributed by atoms with E-state index >= 15 is 0 Å². The SMILES string of the molecule is Cc1c(-c2cccnc2)nc[nH]c1=O. The number of nitrogens with one attached hydrogen (secondary N) is 1. The van der Waals surface area contributed by atoms with Gasteiger partial charge in [0, 0.05) is 23.5 Å². The van der Waals surface area contributed by atoms with E-state index in [4.69, 9.17) is 0 Å². The minimum Gasteiger partial charge on any atom is -0.313 e. The minimum atomic E-state index is -0.112. The lowest BCUT2D eigenvalue weighted by Gasteiger charge is -2.01. The van der Waals surface area contributed by atoms with Crippen LogP contribution in [0.4, 0.5) is 0 Å². The van der Waals surface area contributed by atoms with Gasteiger partial charge >= 0.3 is 0 Å². The van der Waals surface area contributed by atoms with Crippen LogP contribution in [0.5, 0.6) is 0 Å². The monoisotopic (exact) mass is 187 g/mol. The lowest BCUT2D eigenvalue weighted by atomic mass is 10.1. The Kier molecular flexibility index (Phi) is 2.10. The Morgan fingerprint density at radius 1 is 1.43 bits per heavy atom. The molecule has 2 rings (SSSR count). The Morgan fingerprint density at radius 2 is 2.29 bits per heavy atom. The maximum absolute atomic E-state index is 11.3. The van der Waals surface area contributed by atoms with Gasteiger partial charge < -0.3 is 4.98 Å². The van der Waals surface area contributed by atoms with Crippen molar-refractivity contribution in [2.45, 2.75) is 6.92 Å². The van der Waals surface area contributed by atoms with Gasteiger partial charge in [0.15, 0.2) is 0 Å². The van der Waals surface area contributed by atoms with Crippen LogP contribution in [0.25, 0.3) is 11.3 Å². The highest BCUT2D eigenvalue weighted by molar-refractivity contribution is 5.60. The van der Waals surface area contributed by atoms with Crippen LogP contribution in [0, 0.1) is 6.92 Å². The molecule has 0 atom stereocenters. The van der Waals surface area contributed by atoms with Crippen molar-refractivity contribution >= 4 is 0 Å². The van der Waals surface area contributed by atoms with Gasteiger partial charge in [-0.1, -0.05) is 0 Å². The van der Waals surface area contributed by atoms with Gasteiger partial charge in [-0.15, -0.1) is 0 Å². The number of pyridine rings is 1. The van der Waals surface area contributed by atoms with Crippen molar-refractivity contribution in [3.8, 4) is 11.3 Å². The van der Waals surface area contributed by atoms with Crippen molar-refractivity contribution in [2.75, 3.05) is 0 Å². The van der Waals surface area contributed by atoms with Crippen molar-refractivity contribution in [1.29, 1.82) is 0 Å². The minimum absolute atomic E-state index is 0.112. The van der Waals surface area contributed by atoms with Gasteiger partial charge in [-0.2, -0.15) is 0 Å². The molecule has 0 aromatic carbocycles. The summed E-state index contributed by atoms with van der Waals surface area (Å²) in [4.78, 5) is 21.9. The molecule has 0 bridgehead atoms. The summed E-state index contributed by atoms with van der Waals surface area (Å²) >= 11 is 0. The standard InChI is InChI=1S/C10H9N3O/c1-7-9(12-6-13-10(7)14)8-3-2-4-11-5-8/h2-6H,1H3,(H,12,13,14). The van der Waals surface area contributed by atoms with E-state index in [2.05, 4.69) is 15.0 Å². The van der Waals surface area contributed by atoms with E-state index in [9.17, 15) is 4.79 Å². The molecule has 0 aliphatic heterocycles. The Labute approximate surface area is 80.7 Å². The average Bonchev–Trinajstić information content (AvgIpc) is 2.23. The number of hydrogen-bond acceptors (Lipinski definition) is 3. The number of aromatic amines is 1. The summed E-state index contributed by atoms with van der Waals surface area (Å²) in [7, 11) is 0. The molecule has 0 aliphatic rings. The van der Waals surface area contributed by atoms with Crippen LogP contribution in [-0.4, -0.2) is 15.0 Å². The molecule has 4 heteroatoms. The zero-order valence-corrected chi connectivity index (χ0v) is 7.69. The second-order valence-corrected chi connectivity index (χ2v) is 2.95. The van der Waals surface area contributed by atoms with Crippen LogP contribution >= 0.6 is 0 Å². The first kappa shape index (κ1) is 8.62. The molecule has 14 heavy (non-hydrogen) atoms. The Morgan fingerprint density at radius 3 is 3.00 bits per heavy atom. The van der Waals surface area contributed by atoms with Crippen LogP contribution < -0.4 is 5.56 Å². The number of nitrogens with zero attached hydrogens (tertiary/aromatic N) is 2. The molecule has 0 unspecified atom stereocenters. The van der Waals surface area contributed by atoms with E-state index < -0.39 is 0 Å². The molecule has 0 fully saturated rings. The molecule has 2 aromatic heterocycles. The fourth-order valence-electron chi connectivity index (χ4n) is 1.26. The first-order valence-corrected chi connectivity index (χ1v) is 4.24. The fraction of sp³-hybridized carbons (Fsp3) is 0.100. The zero-order chi connectivity index (χ0) is 9.97. The normalized spacial score (nSPS) is 10.1. The number of hydrogen-bond donors (Lipinski definition) is 1. The first-order chi connectivity index (χ1) is 6.79. The largest absolute Gasteiger partial charge is 0.313 e. The molecule has 0 spiro atoms. The van der Waals surface area contributed by atoms with Crippen LogP contribution in [0.1, 0.15) is 5.56 Å². The molecule has 0 radical (unpaired) electrons. The van der Waals surface area contributed by atoms with Crippen LogP contribution in [0.15, 0.2) is 35.6 Å². The Balaban J connectivity index is 2.64. The number of aromatic nitrogens is 3. The summed E-state index contributed by atoms with van der Waals surface area (Å²) in [6.07, 6.45) is 4.78. The summed E-state index contributed by atoms with van der Waals surface area (Å²) in [5.41, 5.74) is 2.04. The molecule has 1 N–H and O–H groups in total. The van der Waals surface area contributed by atoms with E-state index in [1.165, 1.54) is 6.33 Å². The summed E-state index contributed by atoms with van der Waals surface area (Å²) in [5.74, 6) is 0. The van der Waals surface area contributed by atoms with Crippen LogP contribution in [0.2, 0.25) is 0 Å². The smallest absolute Gasteiger partial charge is 0.254 e. The van der Waals surface area contributed by atoms with Crippen LogP contribution in [-0.2, 0) is 0 Å². The van der Waals surface area contributed by atoms with Crippen molar-refractivity contribution in [3.05, 3.63) is 46.8 Å². The molecule has 0 aliphatic carbocycles. The molecule has 4 nitrogen and oxygen atoms in total. The molecule has 70 valence electrons. The summed E-state index contributed by atoms with van der Waals surface area (Å²) < 4.78 is 0. The average molecular weight is 187 g/mol. The van der Waals surface area contributed by atoms with E-state index in [-0.39, 0.29) is 5.56 Å². The molecule has 0 saturated carbocycles. The summed E-state index contributed by atoms with van der Waals surface area (Å²) in [6.45, 7) is 1.74. The van der Waals surface area contributed by atoms with Gasteiger partial charge in [-0.25, -0.2) is 4.98 Å².